The zero-order valence-corrected chi connectivity index (χ0v) is 10.8. The van der Waals surface area contributed by atoms with Crippen LogP contribution in [0.15, 0.2) is 34.0 Å². The molecule has 0 radical (unpaired) electrons. The molecule has 4 N–H and O–H groups in total. The number of hydrogen-bond donors (Lipinski definition) is 3. The van der Waals surface area contributed by atoms with Crippen LogP contribution in [0.4, 0.5) is 5.69 Å². The van der Waals surface area contributed by atoms with Crippen LogP contribution in [-0.4, -0.2) is 29.6 Å². The third kappa shape index (κ3) is 2.92. The zero-order valence-electron chi connectivity index (χ0n) is 9.98. The molecule has 0 unspecified atom stereocenters. The van der Waals surface area contributed by atoms with E-state index in [0.717, 1.165) is 24.6 Å². The summed E-state index contributed by atoms with van der Waals surface area (Å²) in [5.41, 5.74) is 5.30. The van der Waals surface area contributed by atoms with Crippen LogP contribution < -0.4 is 10.5 Å². The average molecular weight is 298 g/mol. The van der Waals surface area contributed by atoms with E-state index in [0.29, 0.717) is 0 Å². The van der Waals surface area contributed by atoms with Gasteiger partial charge >= 0.3 is 5.97 Å². The van der Waals surface area contributed by atoms with E-state index in [1.165, 1.54) is 0 Å². The van der Waals surface area contributed by atoms with Crippen LogP contribution in [0.5, 0.6) is 0 Å². The first kappa shape index (κ1) is 14.0. The molecule has 0 bridgehead atoms. The van der Waals surface area contributed by atoms with Gasteiger partial charge in [-0.2, -0.15) is 4.98 Å². The fourth-order valence-electron chi connectivity index (χ4n) is 1.43. The summed E-state index contributed by atoms with van der Waals surface area (Å²) in [6, 6.07) is 3.35. The van der Waals surface area contributed by atoms with Crippen molar-refractivity contribution in [2.75, 3.05) is 5.73 Å². The Morgan fingerprint density at radius 3 is 2.75 bits per heavy atom. The van der Waals surface area contributed by atoms with E-state index < -0.39 is 16.0 Å². The number of nitrogen functional groups attached to an aromatic ring is 1. The fourth-order valence-corrected chi connectivity index (χ4v) is 2.52. The van der Waals surface area contributed by atoms with Gasteiger partial charge in [0.15, 0.2) is 5.82 Å². The number of benzene rings is 1. The number of carbonyl (C=O) groups is 1. The normalized spacial score (nSPS) is 11.4. The molecule has 0 fully saturated rings. The number of carboxylic acid groups (broad SMARTS) is 1. The van der Waals surface area contributed by atoms with Gasteiger partial charge in [-0.05, 0) is 18.2 Å². The SMILES string of the molecule is Nc1cc(C(=O)O)ccc1S(=O)(=O)NCc1ncon1. The number of aromatic carboxylic acids is 1. The molecule has 1 aromatic carbocycles. The van der Waals surface area contributed by atoms with Crippen LogP contribution in [0.3, 0.4) is 0 Å². The summed E-state index contributed by atoms with van der Waals surface area (Å²) in [5.74, 6) is -1.03. The smallest absolute Gasteiger partial charge is 0.335 e. The molecule has 20 heavy (non-hydrogen) atoms. The first-order valence-corrected chi connectivity index (χ1v) is 6.76. The molecule has 0 aliphatic rings. The maximum absolute atomic E-state index is 12.0. The van der Waals surface area contributed by atoms with Gasteiger partial charge in [0, 0.05) is 0 Å². The Kier molecular flexibility index (Phi) is 3.68. The molecule has 9 nitrogen and oxygen atoms in total. The maximum atomic E-state index is 12.0. The third-order valence-electron chi connectivity index (χ3n) is 2.37. The highest BCUT2D eigenvalue weighted by Gasteiger charge is 2.19. The topological polar surface area (TPSA) is 148 Å². The van der Waals surface area contributed by atoms with Crippen molar-refractivity contribution >= 4 is 21.7 Å². The summed E-state index contributed by atoms with van der Waals surface area (Å²) >= 11 is 0. The lowest BCUT2D eigenvalue weighted by Crippen LogP contribution is -2.24. The number of sulfonamides is 1. The van der Waals surface area contributed by atoms with Crippen LogP contribution in [0.1, 0.15) is 16.2 Å². The molecule has 10 heteroatoms. The average Bonchev–Trinajstić information content (AvgIpc) is 2.89. The number of aromatic nitrogens is 2. The Hall–Kier alpha value is -2.46. The summed E-state index contributed by atoms with van der Waals surface area (Å²) in [7, 11) is -3.90. The van der Waals surface area contributed by atoms with Crippen molar-refractivity contribution < 1.29 is 22.8 Å². The fraction of sp³-hybridized carbons (Fsp3) is 0.100. The van der Waals surface area contributed by atoms with Crippen molar-refractivity contribution in [3.63, 3.8) is 0 Å². The van der Waals surface area contributed by atoms with E-state index in [4.69, 9.17) is 10.8 Å². The minimum atomic E-state index is -3.90. The quantitative estimate of drug-likeness (QED) is 0.644. The number of nitrogens with one attached hydrogen (secondary N) is 1. The molecule has 0 atom stereocenters. The van der Waals surface area contributed by atoms with Crippen LogP contribution in [0.25, 0.3) is 0 Å². The highest BCUT2D eigenvalue weighted by atomic mass is 32.2. The maximum Gasteiger partial charge on any atom is 0.335 e. The molecule has 0 amide bonds. The van der Waals surface area contributed by atoms with Gasteiger partial charge in [0.1, 0.15) is 4.90 Å². The van der Waals surface area contributed by atoms with Crippen molar-refractivity contribution in [3.05, 3.63) is 36.0 Å². The van der Waals surface area contributed by atoms with Gasteiger partial charge in [-0.3, -0.25) is 0 Å². The van der Waals surface area contributed by atoms with E-state index in [1.807, 2.05) is 0 Å². The molecule has 2 aromatic rings. The van der Waals surface area contributed by atoms with Crippen molar-refractivity contribution in [3.8, 4) is 0 Å². The molecule has 1 aromatic heterocycles. The Balaban J connectivity index is 2.23. The van der Waals surface area contributed by atoms with E-state index in [9.17, 15) is 13.2 Å². The summed E-state index contributed by atoms with van der Waals surface area (Å²) in [5, 5.41) is 12.2. The number of hydrogen-bond acceptors (Lipinski definition) is 7. The Morgan fingerprint density at radius 2 is 2.20 bits per heavy atom. The number of carboxylic acids is 1. The van der Waals surface area contributed by atoms with Gasteiger partial charge in [-0.1, -0.05) is 5.16 Å². The standard InChI is InChI=1S/C10H10N4O5S/c11-7-3-6(10(15)16)1-2-8(7)20(17,18)13-4-9-12-5-19-14-9/h1-3,5,13H,4,11H2,(H,15,16). The summed E-state index contributed by atoms with van der Waals surface area (Å²) in [6.07, 6.45) is 1.07. The first-order valence-electron chi connectivity index (χ1n) is 5.28. The van der Waals surface area contributed by atoms with E-state index >= 15 is 0 Å². The van der Waals surface area contributed by atoms with E-state index in [2.05, 4.69) is 19.4 Å². The molecule has 1 heterocycles. The van der Waals surface area contributed by atoms with E-state index in [1.54, 1.807) is 0 Å². The second-order valence-corrected chi connectivity index (χ2v) is 5.47. The molecule has 0 aliphatic carbocycles. The monoisotopic (exact) mass is 298 g/mol. The molecule has 0 spiro atoms. The van der Waals surface area contributed by atoms with Crippen LogP contribution in [0, 0.1) is 0 Å². The lowest BCUT2D eigenvalue weighted by atomic mass is 10.2. The zero-order chi connectivity index (χ0) is 14.8. The van der Waals surface area contributed by atoms with Gasteiger partial charge in [-0.25, -0.2) is 17.9 Å². The van der Waals surface area contributed by atoms with Crippen LogP contribution >= 0.6 is 0 Å². The van der Waals surface area contributed by atoms with Crippen molar-refractivity contribution in [2.24, 2.45) is 0 Å². The van der Waals surface area contributed by atoms with Gasteiger partial charge < -0.3 is 15.4 Å². The largest absolute Gasteiger partial charge is 0.478 e. The van der Waals surface area contributed by atoms with Crippen LogP contribution in [-0.2, 0) is 16.6 Å². The molecular formula is C10H10N4O5S. The minimum Gasteiger partial charge on any atom is -0.478 e. The summed E-state index contributed by atoms with van der Waals surface area (Å²) in [6.45, 7) is -0.168. The number of nitrogens with two attached hydrogens (primary N) is 1. The summed E-state index contributed by atoms with van der Waals surface area (Å²) in [4.78, 5) is 14.2. The molecular weight excluding hydrogens is 288 g/mol. The number of anilines is 1. The molecule has 0 aliphatic heterocycles. The predicted molar refractivity (Wildman–Crippen MR) is 66.1 cm³/mol. The number of rotatable bonds is 5. The van der Waals surface area contributed by atoms with Gasteiger partial charge in [-0.15, -0.1) is 0 Å². The third-order valence-corrected chi connectivity index (χ3v) is 3.85. The van der Waals surface area contributed by atoms with Crippen molar-refractivity contribution in [2.45, 2.75) is 11.4 Å². The first-order chi connectivity index (χ1) is 9.40. The molecule has 0 saturated carbocycles. The molecule has 106 valence electrons. The predicted octanol–water partition coefficient (Wildman–Crippen LogP) is -0.172. The second kappa shape index (κ2) is 5.27. The Morgan fingerprint density at radius 1 is 1.45 bits per heavy atom. The van der Waals surface area contributed by atoms with Gasteiger partial charge in [0.2, 0.25) is 16.4 Å². The lowest BCUT2D eigenvalue weighted by Gasteiger charge is -2.08. The molecule has 0 saturated heterocycles. The van der Waals surface area contributed by atoms with E-state index in [-0.39, 0.29) is 28.5 Å². The van der Waals surface area contributed by atoms with Gasteiger partial charge in [0.05, 0.1) is 17.8 Å². The highest BCUT2D eigenvalue weighted by Crippen LogP contribution is 2.19. The summed E-state index contributed by atoms with van der Waals surface area (Å²) < 4.78 is 30.7. The van der Waals surface area contributed by atoms with Crippen molar-refractivity contribution in [1.29, 1.82) is 0 Å². The van der Waals surface area contributed by atoms with Crippen LogP contribution in [0.2, 0.25) is 0 Å². The second-order valence-electron chi connectivity index (χ2n) is 3.73. The lowest BCUT2D eigenvalue weighted by molar-refractivity contribution is 0.0697. The van der Waals surface area contributed by atoms with Gasteiger partial charge in [0.25, 0.3) is 0 Å². The Bertz CT molecular complexity index is 726. The molecule has 2 rings (SSSR count). The van der Waals surface area contributed by atoms with Crippen molar-refractivity contribution in [1.82, 2.24) is 14.9 Å². The highest BCUT2D eigenvalue weighted by molar-refractivity contribution is 7.89. The number of nitrogens with zero attached hydrogens (tertiary/aromatic N) is 2. The Labute approximate surface area is 113 Å². The minimum absolute atomic E-state index is 0.0976.